The van der Waals surface area contributed by atoms with E-state index in [1.165, 1.54) is 24.6 Å². The molecule has 1 aliphatic rings. The lowest BCUT2D eigenvalue weighted by Gasteiger charge is -2.26. The first kappa shape index (κ1) is 14.7. The Kier molecular flexibility index (Phi) is 4.40. The fourth-order valence-electron chi connectivity index (χ4n) is 2.95. The van der Waals surface area contributed by atoms with E-state index in [-0.39, 0.29) is 0 Å². The highest BCUT2D eigenvalue weighted by Gasteiger charge is 2.18. The van der Waals surface area contributed by atoms with Crippen LogP contribution in [0.25, 0.3) is 11.2 Å². The number of rotatable bonds is 5. The van der Waals surface area contributed by atoms with Gasteiger partial charge in [-0.25, -0.2) is 4.98 Å². The van der Waals surface area contributed by atoms with Gasteiger partial charge in [-0.15, -0.1) is 0 Å². The molecule has 0 aliphatic carbocycles. The van der Waals surface area contributed by atoms with Crippen LogP contribution in [0.2, 0.25) is 0 Å². The standard InChI is InChI=1S/C14H24N6S/c1-3-4-11-12-13(18(2)17-11)20(14(15)16-12)6-5-19-7-9-21-10-8-19/h3-10H2,1-2H3,(H2,15,16). The zero-order chi connectivity index (χ0) is 14.8. The summed E-state index contributed by atoms with van der Waals surface area (Å²) in [5.41, 5.74) is 9.24. The van der Waals surface area contributed by atoms with Gasteiger partial charge in [0.25, 0.3) is 0 Å². The van der Waals surface area contributed by atoms with Crippen LogP contribution in [0, 0.1) is 0 Å². The molecular formula is C14H24N6S. The lowest BCUT2D eigenvalue weighted by molar-refractivity contribution is 0.291. The van der Waals surface area contributed by atoms with E-state index in [0.717, 1.165) is 42.8 Å². The number of hydrogen-bond acceptors (Lipinski definition) is 5. The van der Waals surface area contributed by atoms with Crippen molar-refractivity contribution in [3.05, 3.63) is 5.69 Å². The van der Waals surface area contributed by atoms with Crippen LogP contribution in [0.1, 0.15) is 19.0 Å². The molecule has 2 aromatic heterocycles. The molecular weight excluding hydrogens is 284 g/mol. The Labute approximate surface area is 129 Å². The summed E-state index contributed by atoms with van der Waals surface area (Å²) in [6.07, 6.45) is 2.03. The van der Waals surface area contributed by atoms with Crippen molar-refractivity contribution in [2.75, 3.05) is 36.9 Å². The molecule has 0 radical (unpaired) electrons. The number of nitrogens with two attached hydrogens (primary N) is 1. The van der Waals surface area contributed by atoms with E-state index in [9.17, 15) is 0 Å². The number of anilines is 1. The Morgan fingerprint density at radius 1 is 1.24 bits per heavy atom. The first-order valence-corrected chi connectivity index (χ1v) is 8.84. The van der Waals surface area contributed by atoms with Crippen molar-refractivity contribution in [1.82, 2.24) is 24.2 Å². The summed E-state index contributed by atoms with van der Waals surface area (Å²) in [6.45, 7) is 6.43. The van der Waals surface area contributed by atoms with Gasteiger partial charge in [-0.05, 0) is 6.42 Å². The summed E-state index contributed by atoms with van der Waals surface area (Å²) in [4.78, 5) is 7.06. The molecule has 0 aromatic carbocycles. The summed E-state index contributed by atoms with van der Waals surface area (Å²) in [5.74, 6) is 3.09. The lowest BCUT2D eigenvalue weighted by Crippen LogP contribution is -2.35. The van der Waals surface area contributed by atoms with E-state index in [2.05, 4.69) is 26.5 Å². The highest BCUT2D eigenvalue weighted by atomic mass is 32.2. The predicted molar refractivity (Wildman–Crippen MR) is 88.7 cm³/mol. The fourth-order valence-corrected chi connectivity index (χ4v) is 3.93. The highest BCUT2D eigenvalue weighted by Crippen LogP contribution is 2.22. The molecule has 0 bridgehead atoms. The maximum Gasteiger partial charge on any atom is 0.202 e. The Morgan fingerprint density at radius 3 is 2.71 bits per heavy atom. The van der Waals surface area contributed by atoms with Gasteiger partial charge in [-0.2, -0.15) is 16.9 Å². The quantitative estimate of drug-likeness (QED) is 0.903. The minimum atomic E-state index is 0.613. The monoisotopic (exact) mass is 308 g/mol. The Balaban J connectivity index is 1.82. The van der Waals surface area contributed by atoms with E-state index in [1.54, 1.807) is 0 Å². The maximum atomic E-state index is 6.14. The van der Waals surface area contributed by atoms with Gasteiger partial charge in [0.05, 0.1) is 5.69 Å². The number of nitrogens with zero attached hydrogens (tertiary/aromatic N) is 5. The highest BCUT2D eigenvalue weighted by molar-refractivity contribution is 7.99. The summed E-state index contributed by atoms with van der Waals surface area (Å²) in [5, 5.41) is 4.60. The smallest absolute Gasteiger partial charge is 0.202 e. The topological polar surface area (TPSA) is 64.9 Å². The van der Waals surface area contributed by atoms with Crippen LogP contribution in [0.5, 0.6) is 0 Å². The minimum absolute atomic E-state index is 0.613. The van der Waals surface area contributed by atoms with Crippen LogP contribution in [0.4, 0.5) is 5.95 Å². The molecule has 2 N–H and O–H groups in total. The van der Waals surface area contributed by atoms with E-state index in [1.807, 2.05) is 23.5 Å². The number of imidazole rings is 1. The van der Waals surface area contributed by atoms with Crippen molar-refractivity contribution in [2.45, 2.75) is 26.3 Å². The molecule has 2 aromatic rings. The third-order valence-corrected chi connectivity index (χ3v) is 4.99. The molecule has 7 heteroatoms. The van der Waals surface area contributed by atoms with Crippen LogP contribution < -0.4 is 5.73 Å². The number of nitrogen functional groups attached to an aromatic ring is 1. The summed E-state index contributed by atoms with van der Waals surface area (Å²) >= 11 is 2.04. The SMILES string of the molecule is CCCc1nn(C)c2c1nc(N)n2CCN1CCSCC1. The first-order chi connectivity index (χ1) is 10.2. The van der Waals surface area contributed by atoms with Crippen LogP contribution in [0.15, 0.2) is 0 Å². The number of aryl methyl sites for hydroxylation is 2. The lowest BCUT2D eigenvalue weighted by atomic mass is 10.2. The first-order valence-electron chi connectivity index (χ1n) is 7.68. The molecule has 6 nitrogen and oxygen atoms in total. The molecule has 1 fully saturated rings. The Morgan fingerprint density at radius 2 is 2.00 bits per heavy atom. The third kappa shape index (κ3) is 2.89. The molecule has 3 heterocycles. The molecule has 21 heavy (non-hydrogen) atoms. The molecule has 0 spiro atoms. The summed E-state index contributed by atoms with van der Waals surface area (Å²) < 4.78 is 4.04. The van der Waals surface area contributed by atoms with Gasteiger partial charge in [-0.1, -0.05) is 13.3 Å². The van der Waals surface area contributed by atoms with Gasteiger partial charge < -0.3 is 5.73 Å². The van der Waals surface area contributed by atoms with Gasteiger partial charge in [0.15, 0.2) is 5.65 Å². The second-order valence-electron chi connectivity index (χ2n) is 5.57. The largest absolute Gasteiger partial charge is 0.369 e. The van der Waals surface area contributed by atoms with Crippen molar-refractivity contribution in [3.63, 3.8) is 0 Å². The molecule has 0 atom stereocenters. The van der Waals surface area contributed by atoms with Gasteiger partial charge in [0.1, 0.15) is 5.52 Å². The Hall–Kier alpha value is -1.21. The molecule has 0 amide bonds. The second-order valence-corrected chi connectivity index (χ2v) is 6.79. The Bertz CT molecular complexity index is 611. The molecule has 1 aliphatic heterocycles. The normalized spacial score (nSPS) is 16.9. The van der Waals surface area contributed by atoms with E-state index >= 15 is 0 Å². The van der Waals surface area contributed by atoms with E-state index in [4.69, 9.17) is 5.73 Å². The molecule has 1 saturated heterocycles. The maximum absolute atomic E-state index is 6.14. The van der Waals surface area contributed by atoms with Crippen molar-refractivity contribution in [1.29, 1.82) is 0 Å². The van der Waals surface area contributed by atoms with Crippen LogP contribution in [-0.2, 0) is 20.0 Å². The van der Waals surface area contributed by atoms with Crippen LogP contribution >= 0.6 is 11.8 Å². The van der Waals surface area contributed by atoms with Gasteiger partial charge in [0.2, 0.25) is 5.95 Å². The van der Waals surface area contributed by atoms with Crippen molar-refractivity contribution < 1.29 is 0 Å². The van der Waals surface area contributed by atoms with E-state index < -0.39 is 0 Å². The molecule has 0 unspecified atom stereocenters. The second kappa shape index (κ2) is 6.27. The van der Waals surface area contributed by atoms with Gasteiger partial charge in [0, 0.05) is 44.7 Å². The van der Waals surface area contributed by atoms with Crippen molar-refractivity contribution in [3.8, 4) is 0 Å². The minimum Gasteiger partial charge on any atom is -0.369 e. The number of hydrogen-bond donors (Lipinski definition) is 1. The van der Waals surface area contributed by atoms with Crippen molar-refractivity contribution in [2.24, 2.45) is 7.05 Å². The van der Waals surface area contributed by atoms with E-state index in [0.29, 0.717) is 5.95 Å². The average Bonchev–Trinajstić information content (AvgIpc) is 2.96. The molecule has 3 rings (SSSR count). The predicted octanol–water partition coefficient (Wildman–Crippen LogP) is 1.35. The molecule has 0 saturated carbocycles. The fraction of sp³-hybridized carbons (Fsp3) is 0.714. The zero-order valence-corrected chi connectivity index (χ0v) is 13.7. The number of thioether (sulfide) groups is 1. The van der Waals surface area contributed by atoms with Crippen LogP contribution in [-0.4, -0.2) is 55.4 Å². The van der Waals surface area contributed by atoms with Gasteiger partial charge in [-0.3, -0.25) is 14.1 Å². The van der Waals surface area contributed by atoms with Crippen LogP contribution in [0.3, 0.4) is 0 Å². The zero-order valence-electron chi connectivity index (χ0n) is 12.9. The number of fused-ring (bicyclic) bond motifs is 1. The van der Waals surface area contributed by atoms with Crippen molar-refractivity contribution >= 4 is 28.9 Å². The third-order valence-electron chi connectivity index (χ3n) is 4.05. The summed E-state index contributed by atoms with van der Waals surface area (Å²) in [6, 6.07) is 0. The summed E-state index contributed by atoms with van der Waals surface area (Å²) in [7, 11) is 1.98. The molecule has 116 valence electrons. The average molecular weight is 308 g/mol. The number of aromatic nitrogens is 4. The van der Waals surface area contributed by atoms with Gasteiger partial charge >= 0.3 is 0 Å².